The molecular formula is C34H58N5O13P. The molecule has 53 heavy (non-hydrogen) atoms. The summed E-state index contributed by atoms with van der Waals surface area (Å²) in [5.41, 5.74) is 1.22. The molecule has 1 saturated carbocycles. The second-order valence-corrected chi connectivity index (χ2v) is 14.5. The highest BCUT2D eigenvalue weighted by molar-refractivity contribution is 7.52. The Morgan fingerprint density at radius 3 is 1.74 bits per heavy atom. The van der Waals surface area contributed by atoms with Gasteiger partial charge in [-0.3, -0.25) is 28.6 Å². The van der Waals surface area contributed by atoms with Crippen LogP contribution in [0, 0.1) is 5.92 Å². The van der Waals surface area contributed by atoms with Gasteiger partial charge in [0.25, 0.3) is 0 Å². The molecule has 1 fully saturated rings. The van der Waals surface area contributed by atoms with E-state index >= 15 is 0 Å². The number of hydrogen-bond donors (Lipinski definition) is 8. The number of ether oxygens (including phenoxy) is 3. The molecule has 1 aromatic carbocycles. The summed E-state index contributed by atoms with van der Waals surface area (Å²) in [4.78, 5) is 63.9. The van der Waals surface area contributed by atoms with Gasteiger partial charge in [-0.25, -0.2) is 0 Å². The number of rotatable bonds is 28. The number of carbonyl (C=O) groups excluding carboxylic acids is 4. The monoisotopic (exact) mass is 775 g/mol. The first kappa shape index (κ1) is 46.1. The van der Waals surface area contributed by atoms with E-state index in [2.05, 4.69) is 21.3 Å². The van der Waals surface area contributed by atoms with E-state index in [1.165, 1.54) is 4.90 Å². The van der Waals surface area contributed by atoms with Crippen molar-refractivity contribution >= 4 is 36.9 Å². The number of benzene rings is 1. The molecular weight excluding hydrogens is 717 g/mol. The van der Waals surface area contributed by atoms with E-state index in [4.69, 9.17) is 34.1 Å². The van der Waals surface area contributed by atoms with Crippen LogP contribution in [0.4, 0.5) is 5.69 Å². The standard InChI is InChI=1S/C34H58N5O13P/c1-2-53(47,48)52-29-9-5-27(6-10-29)33(45)38-28-7-3-26(4-8-28)23-30(34(46)37-13-19-51-22-16-42)39(24-31(43)35-11-17-49-20-14-40)25-32(44)36-12-18-50-21-15-41/h3-4,7-8,27,29-30,40-42H,2,5-6,9-25H2,1H3,(H,35,43)(H,36,44)(H,37,46)(H,38,45)(H,47,48). The van der Waals surface area contributed by atoms with Gasteiger partial charge in [0, 0.05) is 37.4 Å². The minimum Gasteiger partial charge on any atom is -0.394 e. The fraction of sp³-hybridized carbons (Fsp3) is 0.706. The van der Waals surface area contributed by atoms with Crippen molar-refractivity contribution in [2.24, 2.45) is 5.92 Å². The van der Waals surface area contributed by atoms with Crippen LogP contribution in [0.3, 0.4) is 0 Å². The van der Waals surface area contributed by atoms with Crippen molar-refractivity contribution in [2.45, 2.75) is 51.2 Å². The van der Waals surface area contributed by atoms with Crippen LogP contribution in [0.1, 0.15) is 38.2 Å². The number of amides is 4. The first-order valence-corrected chi connectivity index (χ1v) is 19.8. The van der Waals surface area contributed by atoms with Gasteiger partial charge >= 0.3 is 7.60 Å². The third kappa shape index (κ3) is 19.7. The molecule has 2 rings (SSSR count). The van der Waals surface area contributed by atoms with Crippen molar-refractivity contribution in [1.29, 1.82) is 0 Å². The van der Waals surface area contributed by atoms with E-state index in [0.29, 0.717) is 36.9 Å². The Hall–Kier alpha value is -3.03. The van der Waals surface area contributed by atoms with Crippen molar-refractivity contribution in [2.75, 3.05) is 104 Å². The maximum atomic E-state index is 13.6. The molecule has 0 bridgehead atoms. The van der Waals surface area contributed by atoms with Crippen LogP contribution in [0.5, 0.6) is 0 Å². The normalized spacial score (nSPS) is 17.5. The zero-order valence-electron chi connectivity index (χ0n) is 30.5. The molecule has 302 valence electrons. The molecule has 0 aromatic heterocycles. The van der Waals surface area contributed by atoms with E-state index in [1.807, 2.05) is 0 Å². The van der Waals surface area contributed by atoms with Crippen LogP contribution in [0.15, 0.2) is 24.3 Å². The van der Waals surface area contributed by atoms with Gasteiger partial charge < -0.3 is 60.2 Å². The zero-order valence-corrected chi connectivity index (χ0v) is 31.4. The van der Waals surface area contributed by atoms with Crippen LogP contribution in [-0.2, 0) is 48.9 Å². The predicted octanol–water partition coefficient (Wildman–Crippen LogP) is -1.01. The number of carbonyl (C=O) groups is 4. The Labute approximate surface area is 310 Å². The minimum atomic E-state index is -3.61. The summed E-state index contributed by atoms with van der Waals surface area (Å²) in [6, 6.07) is 5.88. The van der Waals surface area contributed by atoms with Crippen LogP contribution >= 0.6 is 7.60 Å². The zero-order chi connectivity index (χ0) is 38.9. The number of anilines is 1. The summed E-state index contributed by atoms with van der Waals surface area (Å²) in [5, 5.41) is 37.9. The van der Waals surface area contributed by atoms with E-state index in [9.17, 15) is 28.6 Å². The van der Waals surface area contributed by atoms with Crippen LogP contribution < -0.4 is 21.3 Å². The van der Waals surface area contributed by atoms with Gasteiger partial charge in [0.05, 0.1) is 84.7 Å². The van der Waals surface area contributed by atoms with Crippen molar-refractivity contribution < 1.29 is 62.7 Å². The maximum absolute atomic E-state index is 13.6. The van der Waals surface area contributed by atoms with Crippen LogP contribution in [0.25, 0.3) is 0 Å². The molecule has 1 aromatic rings. The van der Waals surface area contributed by atoms with Gasteiger partial charge in [0.1, 0.15) is 0 Å². The summed E-state index contributed by atoms with van der Waals surface area (Å²) >= 11 is 0. The second kappa shape index (κ2) is 26.7. The summed E-state index contributed by atoms with van der Waals surface area (Å²) in [5.74, 6) is -1.85. The maximum Gasteiger partial charge on any atom is 0.328 e. The quantitative estimate of drug-likeness (QED) is 0.0376. The predicted molar refractivity (Wildman–Crippen MR) is 194 cm³/mol. The number of aliphatic hydroxyl groups excluding tert-OH is 3. The molecule has 2 unspecified atom stereocenters. The molecule has 1 aliphatic carbocycles. The first-order valence-electron chi connectivity index (χ1n) is 18.0. The van der Waals surface area contributed by atoms with Crippen molar-refractivity contribution in [3.63, 3.8) is 0 Å². The van der Waals surface area contributed by atoms with Crippen molar-refractivity contribution in [3.8, 4) is 0 Å². The summed E-state index contributed by atoms with van der Waals surface area (Å²) in [6.07, 6.45) is 1.79. The molecule has 0 spiro atoms. The molecule has 1 aliphatic rings. The van der Waals surface area contributed by atoms with Gasteiger partial charge in [0.15, 0.2) is 0 Å². The van der Waals surface area contributed by atoms with Gasteiger partial charge in [0.2, 0.25) is 23.6 Å². The highest BCUT2D eigenvalue weighted by Gasteiger charge is 2.32. The minimum absolute atomic E-state index is 0.0308. The third-order valence-corrected chi connectivity index (χ3v) is 9.66. The van der Waals surface area contributed by atoms with Crippen molar-refractivity contribution in [3.05, 3.63) is 29.8 Å². The van der Waals surface area contributed by atoms with Crippen LogP contribution in [-0.4, -0.2) is 159 Å². The molecule has 0 heterocycles. The Balaban J connectivity index is 2.16. The lowest BCUT2D eigenvalue weighted by atomic mass is 9.87. The first-order chi connectivity index (χ1) is 25.5. The topological polar surface area (TPSA) is 255 Å². The summed E-state index contributed by atoms with van der Waals surface area (Å²) < 4.78 is 32.9. The molecule has 8 N–H and O–H groups in total. The molecule has 18 nitrogen and oxygen atoms in total. The third-order valence-electron chi connectivity index (χ3n) is 8.24. The largest absolute Gasteiger partial charge is 0.394 e. The number of nitrogens with one attached hydrogen (secondary N) is 4. The molecule has 2 atom stereocenters. The fourth-order valence-electron chi connectivity index (χ4n) is 5.46. The number of nitrogens with zero attached hydrogens (tertiary/aromatic N) is 1. The Bertz CT molecular complexity index is 1240. The number of hydrogen-bond acceptors (Lipinski definition) is 13. The molecule has 0 aliphatic heterocycles. The molecule has 4 amide bonds. The smallest absolute Gasteiger partial charge is 0.328 e. The van der Waals surface area contributed by atoms with E-state index in [1.54, 1.807) is 31.2 Å². The molecule has 0 saturated heterocycles. The Morgan fingerprint density at radius 1 is 0.774 bits per heavy atom. The highest BCUT2D eigenvalue weighted by atomic mass is 31.2. The van der Waals surface area contributed by atoms with Gasteiger partial charge in [-0.05, 0) is 49.8 Å². The van der Waals surface area contributed by atoms with Gasteiger partial charge in [-0.1, -0.05) is 19.1 Å². The average molecular weight is 776 g/mol. The lowest BCUT2D eigenvalue weighted by Gasteiger charge is -2.30. The molecule has 19 heteroatoms. The van der Waals surface area contributed by atoms with Gasteiger partial charge in [-0.2, -0.15) is 0 Å². The lowest BCUT2D eigenvalue weighted by Crippen LogP contribution is -2.54. The second-order valence-electron chi connectivity index (χ2n) is 12.3. The average Bonchev–Trinajstić information content (AvgIpc) is 3.14. The van der Waals surface area contributed by atoms with E-state index < -0.39 is 31.4 Å². The SMILES string of the molecule is CCP(=O)(O)OC1CCC(C(=O)Nc2ccc(CC(C(=O)NCCOCCO)N(CC(=O)NCCOCCO)CC(=O)NCCOCCO)cc2)CC1. The number of aliphatic hydroxyl groups is 3. The Morgan fingerprint density at radius 2 is 1.26 bits per heavy atom. The van der Waals surface area contributed by atoms with E-state index in [0.717, 1.165) is 0 Å². The summed E-state index contributed by atoms with van der Waals surface area (Å²) in [7, 11) is -3.61. The highest BCUT2D eigenvalue weighted by Crippen LogP contribution is 2.45. The van der Waals surface area contributed by atoms with Gasteiger partial charge in [-0.15, -0.1) is 0 Å². The molecule has 0 radical (unpaired) electrons. The lowest BCUT2D eigenvalue weighted by molar-refractivity contribution is -0.131. The van der Waals surface area contributed by atoms with Crippen molar-refractivity contribution in [1.82, 2.24) is 20.9 Å². The summed E-state index contributed by atoms with van der Waals surface area (Å²) in [6.45, 7) is 1.63. The fourth-order valence-corrected chi connectivity index (χ4v) is 6.29. The Kier molecular flexibility index (Phi) is 23.2. The van der Waals surface area contributed by atoms with E-state index in [-0.39, 0.29) is 123 Å². The van der Waals surface area contributed by atoms with Crippen LogP contribution in [0.2, 0.25) is 0 Å².